The first-order chi connectivity index (χ1) is 11.1. The van der Waals surface area contributed by atoms with Gasteiger partial charge in [0.05, 0.1) is 6.54 Å². The third-order valence-corrected chi connectivity index (χ3v) is 4.94. The smallest absolute Gasteiger partial charge is 0.245 e. The van der Waals surface area contributed by atoms with Crippen LogP contribution in [0.25, 0.3) is 0 Å². The minimum absolute atomic E-state index is 0.101. The second-order valence-corrected chi connectivity index (χ2v) is 7.56. The molecule has 0 aliphatic heterocycles. The maximum Gasteiger partial charge on any atom is 0.245 e. The van der Waals surface area contributed by atoms with Crippen LogP contribution in [-0.2, 0) is 9.59 Å². The summed E-state index contributed by atoms with van der Waals surface area (Å²) in [5, 5.41) is 5.18. The summed E-state index contributed by atoms with van der Waals surface area (Å²) in [6.45, 7) is 5.05. The highest BCUT2D eigenvalue weighted by Gasteiger charge is 2.27. The van der Waals surface area contributed by atoms with Crippen LogP contribution in [0.3, 0.4) is 0 Å². The molecule has 1 aliphatic rings. The molecule has 1 fully saturated rings. The fraction of sp³-hybridized carbons (Fsp3) is 0.706. The Morgan fingerprint density at radius 1 is 1.35 bits per heavy atom. The number of hydrogen-bond acceptors (Lipinski definition) is 4. The Hall–Kier alpha value is -1.43. The van der Waals surface area contributed by atoms with E-state index in [0.717, 1.165) is 32.1 Å². The number of carbonyl (C=O) groups excluding carboxylic acids is 2. The summed E-state index contributed by atoms with van der Waals surface area (Å²) in [6.07, 6.45) is 7.98. The molecule has 1 aromatic rings. The maximum atomic E-state index is 12.8. The summed E-state index contributed by atoms with van der Waals surface area (Å²) in [5.41, 5.74) is 0. The van der Waals surface area contributed by atoms with Crippen LogP contribution in [0, 0.1) is 11.8 Å². The molecule has 0 saturated heterocycles. The van der Waals surface area contributed by atoms with E-state index in [2.05, 4.69) is 24.1 Å². The molecule has 5 nitrogen and oxygen atoms in total. The molecule has 128 valence electrons. The Morgan fingerprint density at radius 3 is 2.70 bits per heavy atom. The summed E-state index contributed by atoms with van der Waals surface area (Å²) < 4.78 is 0. The quantitative estimate of drug-likeness (QED) is 0.828. The zero-order valence-corrected chi connectivity index (χ0v) is 14.9. The molecule has 1 aliphatic carbocycles. The lowest BCUT2D eigenvalue weighted by Gasteiger charge is -2.29. The zero-order valence-electron chi connectivity index (χ0n) is 14.1. The van der Waals surface area contributed by atoms with E-state index in [1.54, 1.807) is 11.1 Å². The Balaban J connectivity index is 1.94. The van der Waals surface area contributed by atoms with Gasteiger partial charge in [0.1, 0.15) is 0 Å². The molecule has 1 heterocycles. The van der Waals surface area contributed by atoms with E-state index in [-0.39, 0.29) is 24.3 Å². The lowest BCUT2D eigenvalue weighted by atomic mass is 9.88. The first kappa shape index (κ1) is 17.9. The molecule has 2 rings (SSSR count). The minimum atomic E-state index is -0.159. The summed E-state index contributed by atoms with van der Waals surface area (Å²) in [7, 11) is 0. The summed E-state index contributed by atoms with van der Waals surface area (Å²) in [6, 6.07) is 0. The third kappa shape index (κ3) is 5.94. The van der Waals surface area contributed by atoms with Gasteiger partial charge in [-0.2, -0.15) is 0 Å². The van der Waals surface area contributed by atoms with Crippen LogP contribution in [0.2, 0.25) is 0 Å². The molecule has 1 saturated carbocycles. The van der Waals surface area contributed by atoms with Crippen LogP contribution in [0.5, 0.6) is 0 Å². The standard InChI is InChI=1S/C17H27N3O2S/c1-13(2)8-10-20(16(22)14-6-4-3-5-7-14)12-15(21)19-17-18-9-11-23-17/h9,11,13-14H,3-8,10,12H2,1-2H3,(H,18,19,21). The maximum absolute atomic E-state index is 12.8. The molecule has 23 heavy (non-hydrogen) atoms. The Bertz CT molecular complexity index is 496. The number of thiazole rings is 1. The van der Waals surface area contributed by atoms with Gasteiger partial charge in [0.2, 0.25) is 11.8 Å². The SMILES string of the molecule is CC(C)CCN(CC(=O)Nc1nccs1)C(=O)C1CCCCC1. The Labute approximate surface area is 142 Å². The van der Waals surface area contributed by atoms with Crippen LogP contribution in [-0.4, -0.2) is 34.8 Å². The summed E-state index contributed by atoms with van der Waals surface area (Å²) >= 11 is 1.39. The van der Waals surface area contributed by atoms with Gasteiger partial charge in [-0.25, -0.2) is 4.98 Å². The van der Waals surface area contributed by atoms with Crippen LogP contribution in [0.4, 0.5) is 5.13 Å². The van der Waals surface area contributed by atoms with Crippen molar-refractivity contribution >= 4 is 28.3 Å². The van der Waals surface area contributed by atoms with Crippen molar-refractivity contribution in [1.29, 1.82) is 0 Å². The Kier molecular flexibility index (Phi) is 7.02. The highest BCUT2D eigenvalue weighted by Crippen LogP contribution is 2.25. The van der Waals surface area contributed by atoms with E-state index < -0.39 is 0 Å². The molecular formula is C17H27N3O2S. The Morgan fingerprint density at radius 2 is 2.09 bits per heavy atom. The van der Waals surface area contributed by atoms with Gasteiger partial charge in [0.25, 0.3) is 0 Å². The average molecular weight is 337 g/mol. The predicted octanol–water partition coefficient (Wildman–Crippen LogP) is 3.54. The van der Waals surface area contributed by atoms with Crippen molar-refractivity contribution in [2.75, 3.05) is 18.4 Å². The highest BCUT2D eigenvalue weighted by molar-refractivity contribution is 7.13. The predicted molar refractivity (Wildman–Crippen MR) is 93.4 cm³/mol. The van der Waals surface area contributed by atoms with Gasteiger partial charge in [0, 0.05) is 24.0 Å². The monoisotopic (exact) mass is 337 g/mol. The first-order valence-corrected chi connectivity index (χ1v) is 9.42. The van der Waals surface area contributed by atoms with Gasteiger partial charge >= 0.3 is 0 Å². The molecule has 0 bridgehead atoms. The fourth-order valence-electron chi connectivity index (χ4n) is 2.91. The number of rotatable bonds is 7. The molecule has 1 N–H and O–H groups in total. The van der Waals surface area contributed by atoms with E-state index in [4.69, 9.17) is 0 Å². The van der Waals surface area contributed by atoms with Gasteiger partial charge in [0.15, 0.2) is 5.13 Å². The largest absolute Gasteiger partial charge is 0.333 e. The second-order valence-electron chi connectivity index (χ2n) is 6.66. The first-order valence-electron chi connectivity index (χ1n) is 8.54. The van der Waals surface area contributed by atoms with Crippen LogP contribution < -0.4 is 5.32 Å². The van der Waals surface area contributed by atoms with Crippen molar-refractivity contribution in [2.24, 2.45) is 11.8 Å². The topological polar surface area (TPSA) is 62.3 Å². The van der Waals surface area contributed by atoms with Crippen LogP contribution in [0.1, 0.15) is 52.4 Å². The number of nitrogens with one attached hydrogen (secondary N) is 1. The number of anilines is 1. The van der Waals surface area contributed by atoms with Crippen LogP contribution in [0.15, 0.2) is 11.6 Å². The molecule has 0 unspecified atom stereocenters. The molecule has 2 amide bonds. The normalized spacial score (nSPS) is 15.6. The molecule has 1 aromatic heterocycles. The van der Waals surface area contributed by atoms with E-state index in [1.807, 2.05) is 5.38 Å². The number of nitrogens with zero attached hydrogens (tertiary/aromatic N) is 2. The third-order valence-electron chi connectivity index (χ3n) is 4.26. The van der Waals surface area contributed by atoms with E-state index >= 15 is 0 Å². The highest BCUT2D eigenvalue weighted by atomic mass is 32.1. The molecule has 0 atom stereocenters. The molecule has 0 spiro atoms. The summed E-state index contributed by atoms with van der Waals surface area (Å²) in [5.74, 6) is 0.606. The number of carbonyl (C=O) groups is 2. The van der Waals surface area contributed by atoms with Crippen molar-refractivity contribution in [3.05, 3.63) is 11.6 Å². The zero-order chi connectivity index (χ0) is 16.7. The van der Waals surface area contributed by atoms with Gasteiger partial charge in [-0.1, -0.05) is 33.1 Å². The lowest BCUT2D eigenvalue weighted by molar-refractivity contribution is -0.139. The van der Waals surface area contributed by atoms with E-state index in [0.29, 0.717) is 17.6 Å². The van der Waals surface area contributed by atoms with Crippen molar-refractivity contribution in [1.82, 2.24) is 9.88 Å². The molecule has 6 heteroatoms. The van der Waals surface area contributed by atoms with Crippen molar-refractivity contribution in [2.45, 2.75) is 52.4 Å². The van der Waals surface area contributed by atoms with Gasteiger partial charge in [-0.05, 0) is 25.2 Å². The number of amides is 2. The minimum Gasteiger partial charge on any atom is -0.333 e. The fourth-order valence-corrected chi connectivity index (χ4v) is 3.45. The van der Waals surface area contributed by atoms with Crippen molar-refractivity contribution in [3.8, 4) is 0 Å². The van der Waals surface area contributed by atoms with E-state index in [1.165, 1.54) is 17.8 Å². The van der Waals surface area contributed by atoms with Gasteiger partial charge in [-0.3, -0.25) is 9.59 Å². The van der Waals surface area contributed by atoms with Crippen molar-refractivity contribution in [3.63, 3.8) is 0 Å². The average Bonchev–Trinajstić information content (AvgIpc) is 3.04. The van der Waals surface area contributed by atoms with Crippen LogP contribution >= 0.6 is 11.3 Å². The van der Waals surface area contributed by atoms with Gasteiger partial charge in [-0.15, -0.1) is 11.3 Å². The molecule has 0 aromatic carbocycles. The lowest BCUT2D eigenvalue weighted by Crippen LogP contribution is -2.42. The van der Waals surface area contributed by atoms with Crippen molar-refractivity contribution < 1.29 is 9.59 Å². The van der Waals surface area contributed by atoms with E-state index in [9.17, 15) is 9.59 Å². The number of hydrogen-bond donors (Lipinski definition) is 1. The molecule has 0 radical (unpaired) electrons. The summed E-state index contributed by atoms with van der Waals surface area (Å²) in [4.78, 5) is 30.8. The number of aromatic nitrogens is 1. The van der Waals surface area contributed by atoms with Gasteiger partial charge < -0.3 is 10.2 Å². The molecular weight excluding hydrogens is 310 g/mol. The second kappa shape index (κ2) is 9.01.